The van der Waals surface area contributed by atoms with Crippen LogP contribution in [0.2, 0.25) is 0 Å². The Labute approximate surface area is 146 Å². The fourth-order valence-electron chi connectivity index (χ4n) is 2.93. The lowest BCUT2D eigenvalue weighted by Gasteiger charge is -2.32. The number of piperidine rings is 1. The summed E-state index contributed by atoms with van der Waals surface area (Å²) in [5.41, 5.74) is 1.18. The molecule has 0 aliphatic carbocycles. The Morgan fingerprint density at radius 3 is 2.60 bits per heavy atom. The Morgan fingerprint density at radius 2 is 1.92 bits per heavy atom. The molecule has 1 aromatic carbocycles. The van der Waals surface area contributed by atoms with Gasteiger partial charge in [-0.1, -0.05) is 6.07 Å². The first-order valence-electron chi connectivity index (χ1n) is 8.31. The fraction of sp³-hybridized carbons (Fsp3) is 0.316. The summed E-state index contributed by atoms with van der Waals surface area (Å²) < 4.78 is 5.17. The molecule has 0 spiro atoms. The Kier molecular flexibility index (Phi) is 5.28. The van der Waals surface area contributed by atoms with E-state index in [0.717, 1.165) is 12.8 Å². The maximum absolute atomic E-state index is 12.6. The number of nitrogens with zero attached hydrogens (tertiary/aromatic N) is 2. The number of rotatable bonds is 4. The molecule has 0 atom stereocenters. The topological polar surface area (TPSA) is 71.5 Å². The lowest BCUT2D eigenvalue weighted by molar-refractivity contribution is 0.0697. The quantitative estimate of drug-likeness (QED) is 0.926. The largest absolute Gasteiger partial charge is 0.497 e. The molecule has 1 aliphatic heterocycles. The van der Waals surface area contributed by atoms with Gasteiger partial charge >= 0.3 is 0 Å². The summed E-state index contributed by atoms with van der Waals surface area (Å²) in [5, 5.41) is 3.02. The molecule has 6 heteroatoms. The van der Waals surface area contributed by atoms with E-state index in [9.17, 15) is 9.59 Å². The van der Waals surface area contributed by atoms with Crippen molar-refractivity contribution < 1.29 is 14.3 Å². The highest BCUT2D eigenvalue weighted by Crippen LogP contribution is 2.18. The van der Waals surface area contributed by atoms with Crippen LogP contribution < -0.4 is 10.1 Å². The van der Waals surface area contributed by atoms with Crippen LogP contribution in [0.25, 0.3) is 0 Å². The van der Waals surface area contributed by atoms with Gasteiger partial charge in [-0.05, 0) is 43.2 Å². The summed E-state index contributed by atoms with van der Waals surface area (Å²) in [6.07, 6.45) is 4.67. The minimum atomic E-state index is -0.120. The van der Waals surface area contributed by atoms with Crippen LogP contribution in [0.1, 0.15) is 33.6 Å². The van der Waals surface area contributed by atoms with Crippen LogP contribution in [0, 0.1) is 0 Å². The number of nitrogens with one attached hydrogen (secondary N) is 1. The van der Waals surface area contributed by atoms with Crippen LogP contribution in [-0.2, 0) is 0 Å². The fourth-order valence-corrected chi connectivity index (χ4v) is 2.93. The van der Waals surface area contributed by atoms with Gasteiger partial charge < -0.3 is 15.0 Å². The highest BCUT2D eigenvalue weighted by Gasteiger charge is 2.25. The van der Waals surface area contributed by atoms with Crippen molar-refractivity contribution in [1.82, 2.24) is 15.2 Å². The average Bonchev–Trinajstić information content (AvgIpc) is 2.68. The molecule has 0 unspecified atom stereocenters. The molecule has 0 radical (unpaired) electrons. The number of hydrogen-bond donors (Lipinski definition) is 1. The standard InChI is InChI=1S/C19H21N3O3/c1-25-17-6-2-4-14(12-17)19(24)22-10-7-16(8-11-22)21-18(23)15-5-3-9-20-13-15/h2-6,9,12-13,16H,7-8,10-11H2,1H3,(H,21,23). The monoisotopic (exact) mass is 339 g/mol. The predicted octanol–water partition coefficient (Wildman–Crippen LogP) is 2.12. The summed E-state index contributed by atoms with van der Waals surface area (Å²) in [4.78, 5) is 30.5. The van der Waals surface area contributed by atoms with Crippen LogP contribution in [-0.4, -0.2) is 47.9 Å². The van der Waals surface area contributed by atoms with Crippen LogP contribution in [0.4, 0.5) is 0 Å². The number of carbonyl (C=O) groups is 2. The van der Waals surface area contributed by atoms with Gasteiger partial charge in [-0.15, -0.1) is 0 Å². The normalized spacial score (nSPS) is 14.8. The molecule has 2 heterocycles. The molecule has 1 N–H and O–H groups in total. The molecule has 130 valence electrons. The number of aromatic nitrogens is 1. The van der Waals surface area contributed by atoms with Gasteiger partial charge in [0.1, 0.15) is 5.75 Å². The summed E-state index contributed by atoms with van der Waals surface area (Å²) in [7, 11) is 1.58. The number of pyridine rings is 1. The first-order valence-corrected chi connectivity index (χ1v) is 8.31. The Balaban J connectivity index is 1.54. The van der Waals surface area contributed by atoms with Gasteiger partial charge in [-0.3, -0.25) is 14.6 Å². The van der Waals surface area contributed by atoms with Gasteiger partial charge in [0.25, 0.3) is 11.8 Å². The number of amides is 2. The Hall–Kier alpha value is -2.89. The lowest BCUT2D eigenvalue weighted by Crippen LogP contribution is -2.46. The van der Waals surface area contributed by atoms with E-state index in [4.69, 9.17) is 4.74 Å². The van der Waals surface area contributed by atoms with Crippen molar-refractivity contribution in [2.75, 3.05) is 20.2 Å². The third-order valence-electron chi connectivity index (χ3n) is 4.36. The van der Waals surface area contributed by atoms with E-state index in [-0.39, 0.29) is 17.9 Å². The van der Waals surface area contributed by atoms with E-state index in [1.807, 2.05) is 17.0 Å². The molecule has 2 amide bonds. The van der Waals surface area contributed by atoms with Gasteiger partial charge in [-0.25, -0.2) is 0 Å². The summed E-state index contributed by atoms with van der Waals surface area (Å²) >= 11 is 0. The molecule has 0 saturated carbocycles. The number of carbonyl (C=O) groups excluding carboxylic acids is 2. The van der Waals surface area contributed by atoms with Crippen molar-refractivity contribution in [2.24, 2.45) is 0 Å². The number of benzene rings is 1. The Morgan fingerprint density at radius 1 is 1.16 bits per heavy atom. The number of methoxy groups -OCH3 is 1. The van der Waals surface area contributed by atoms with Crippen LogP contribution in [0.3, 0.4) is 0 Å². The molecular weight excluding hydrogens is 318 g/mol. The minimum Gasteiger partial charge on any atom is -0.497 e. The molecule has 6 nitrogen and oxygen atoms in total. The molecule has 1 saturated heterocycles. The first-order chi connectivity index (χ1) is 12.2. The molecular formula is C19H21N3O3. The summed E-state index contributed by atoms with van der Waals surface area (Å²) in [6, 6.07) is 10.7. The van der Waals surface area contributed by atoms with E-state index < -0.39 is 0 Å². The van der Waals surface area contributed by atoms with Crippen molar-refractivity contribution in [3.8, 4) is 5.75 Å². The Bertz CT molecular complexity index is 741. The third-order valence-corrected chi connectivity index (χ3v) is 4.36. The number of hydrogen-bond acceptors (Lipinski definition) is 4. The van der Waals surface area contributed by atoms with Crippen molar-refractivity contribution in [1.29, 1.82) is 0 Å². The smallest absolute Gasteiger partial charge is 0.253 e. The van der Waals surface area contributed by atoms with Crippen molar-refractivity contribution in [3.05, 3.63) is 59.9 Å². The second-order valence-corrected chi connectivity index (χ2v) is 6.01. The van der Waals surface area contributed by atoms with E-state index in [0.29, 0.717) is 30.0 Å². The molecule has 25 heavy (non-hydrogen) atoms. The zero-order valence-corrected chi connectivity index (χ0v) is 14.1. The summed E-state index contributed by atoms with van der Waals surface area (Å²) in [6.45, 7) is 1.24. The van der Waals surface area contributed by atoms with Gasteiger partial charge in [0.05, 0.1) is 12.7 Å². The van der Waals surface area contributed by atoms with E-state index in [2.05, 4.69) is 10.3 Å². The van der Waals surface area contributed by atoms with Gasteiger partial charge in [0, 0.05) is 37.1 Å². The van der Waals surface area contributed by atoms with Crippen LogP contribution in [0.15, 0.2) is 48.8 Å². The van der Waals surface area contributed by atoms with Gasteiger partial charge in [0.15, 0.2) is 0 Å². The molecule has 2 aromatic rings. The summed E-state index contributed by atoms with van der Waals surface area (Å²) in [5.74, 6) is 0.547. The maximum atomic E-state index is 12.6. The van der Waals surface area contributed by atoms with Crippen LogP contribution in [0.5, 0.6) is 5.75 Å². The average molecular weight is 339 g/mol. The molecule has 0 bridgehead atoms. The molecule has 1 aromatic heterocycles. The van der Waals surface area contributed by atoms with Gasteiger partial charge in [-0.2, -0.15) is 0 Å². The number of likely N-dealkylation sites (tertiary alicyclic amines) is 1. The molecule has 1 aliphatic rings. The van der Waals surface area contributed by atoms with E-state index in [1.165, 1.54) is 0 Å². The minimum absolute atomic E-state index is 0.00376. The predicted molar refractivity (Wildman–Crippen MR) is 93.6 cm³/mol. The van der Waals surface area contributed by atoms with Crippen molar-refractivity contribution in [3.63, 3.8) is 0 Å². The van der Waals surface area contributed by atoms with Gasteiger partial charge in [0.2, 0.25) is 0 Å². The maximum Gasteiger partial charge on any atom is 0.253 e. The molecule has 3 rings (SSSR count). The second kappa shape index (κ2) is 7.79. The van der Waals surface area contributed by atoms with Crippen molar-refractivity contribution >= 4 is 11.8 Å². The SMILES string of the molecule is COc1cccc(C(=O)N2CCC(NC(=O)c3cccnc3)CC2)c1. The zero-order chi connectivity index (χ0) is 17.6. The van der Waals surface area contributed by atoms with Crippen LogP contribution >= 0.6 is 0 Å². The highest BCUT2D eigenvalue weighted by molar-refractivity contribution is 5.95. The number of ether oxygens (including phenoxy) is 1. The zero-order valence-electron chi connectivity index (χ0n) is 14.1. The first kappa shape index (κ1) is 17.0. The third kappa shape index (κ3) is 4.15. The van der Waals surface area contributed by atoms with E-state index >= 15 is 0 Å². The van der Waals surface area contributed by atoms with E-state index in [1.54, 1.807) is 43.8 Å². The highest BCUT2D eigenvalue weighted by atomic mass is 16.5. The van der Waals surface area contributed by atoms with Crippen molar-refractivity contribution in [2.45, 2.75) is 18.9 Å². The lowest BCUT2D eigenvalue weighted by atomic mass is 10.0. The second-order valence-electron chi connectivity index (χ2n) is 6.01. The molecule has 1 fully saturated rings.